The van der Waals surface area contributed by atoms with Crippen LogP contribution in [0.5, 0.6) is 11.5 Å². The number of pyridine rings is 1. The van der Waals surface area contributed by atoms with E-state index in [-0.39, 0.29) is 31.3 Å². The highest BCUT2D eigenvalue weighted by atomic mass is 19.3. The van der Waals surface area contributed by atoms with Gasteiger partial charge in [0.2, 0.25) is 5.95 Å². The van der Waals surface area contributed by atoms with E-state index < -0.39 is 18.0 Å². The molecular formula is C28H28F2N6O4. The minimum atomic E-state index is -2.95. The van der Waals surface area contributed by atoms with E-state index in [2.05, 4.69) is 20.0 Å². The Balaban J connectivity index is 1.50. The summed E-state index contributed by atoms with van der Waals surface area (Å²) in [5.41, 5.74) is 9.60. The number of rotatable bonds is 9. The molecule has 12 heteroatoms. The summed E-state index contributed by atoms with van der Waals surface area (Å²) in [6.07, 6.45) is 0.755. The molecule has 2 aromatic carbocycles. The van der Waals surface area contributed by atoms with Gasteiger partial charge < -0.3 is 20.5 Å². The minimum absolute atomic E-state index is 0.00838. The Kier molecular flexibility index (Phi) is 7.50. The number of alkyl halides is 2. The molecule has 0 saturated carbocycles. The molecule has 1 aliphatic rings. The van der Waals surface area contributed by atoms with Gasteiger partial charge in [0.15, 0.2) is 0 Å². The van der Waals surface area contributed by atoms with Crippen molar-refractivity contribution >= 4 is 11.8 Å². The molecule has 0 aliphatic carbocycles. The van der Waals surface area contributed by atoms with Crippen molar-refractivity contribution in [2.45, 2.75) is 46.5 Å². The molecule has 0 fully saturated rings. The van der Waals surface area contributed by atoms with E-state index in [9.17, 15) is 18.4 Å². The van der Waals surface area contributed by atoms with Gasteiger partial charge in [0, 0.05) is 24.2 Å². The number of hydrogen-bond donors (Lipinski definition) is 2. The quantitative estimate of drug-likeness (QED) is 0.325. The average molecular weight is 551 g/mol. The number of hydrogen-bond acceptors (Lipinski definition) is 8. The molecule has 0 atom stereocenters. The van der Waals surface area contributed by atoms with Gasteiger partial charge in [0.1, 0.15) is 17.3 Å². The number of anilines is 2. The van der Waals surface area contributed by atoms with Crippen molar-refractivity contribution in [1.29, 1.82) is 0 Å². The van der Waals surface area contributed by atoms with Crippen molar-refractivity contribution in [1.82, 2.24) is 19.1 Å². The molecular weight excluding hydrogens is 522 g/mol. The minimum Gasteiger partial charge on any atom is -0.493 e. The third kappa shape index (κ3) is 5.80. The fourth-order valence-electron chi connectivity index (χ4n) is 4.71. The van der Waals surface area contributed by atoms with Gasteiger partial charge in [0.25, 0.3) is 0 Å². The van der Waals surface area contributed by atoms with Crippen molar-refractivity contribution < 1.29 is 18.3 Å². The van der Waals surface area contributed by atoms with Crippen LogP contribution in [0, 0.1) is 13.8 Å². The molecule has 10 nitrogen and oxygen atoms in total. The highest BCUT2D eigenvalue weighted by molar-refractivity contribution is 5.47. The molecule has 208 valence electrons. The van der Waals surface area contributed by atoms with Crippen LogP contribution >= 0.6 is 0 Å². The summed E-state index contributed by atoms with van der Waals surface area (Å²) < 4.78 is 37.5. The van der Waals surface area contributed by atoms with Gasteiger partial charge in [-0.05, 0) is 60.4 Å². The summed E-state index contributed by atoms with van der Waals surface area (Å²) in [6.45, 7) is 1.59. The number of nitrogens with one attached hydrogen (secondary N) is 1. The molecule has 0 saturated heterocycles. The number of nitrogens with two attached hydrogens (primary N) is 1. The van der Waals surface area contributed by atoms with Gasteiger partial charge in [-0.15, -0.1) is 0 Å². The first kappa shape index (κ1) is 26.9. The molecule has 2 aromatic heterocycles. The number of fused-ring (bicyclic) bond motifs is 1. The van der Waals surface area contributed by atoms with Crippen molar-refractivity contribution in [3.8, 4) is 11.5 Å². The Labute approximate surface area is 228 Å². The lowest BCUT2D eigenvalue weighted by atomic mass is 10.1. The molecule has 0 unspecified atom stereocenters. The van der Waals surface area contributed by atoms with Gasteiger partial charge >= 0.3 is 18.0 Å². The first-order chi connectivity index (χ1) is 19.2. The molecule has 3 heterocycles. The Morgan fingerprint density at radius 3 is 2.48 bits per heavy atom. The second-order valence-electron chi connectivity index (χ2n) is 9.53. The summed E-state index contributed by atoms with van der Waals surface area (Å²) in [7, 11) is 0. The van der Waals surface area contributed by atoms with Crippen LogP contribution in [0.2, 0.25) is 0 Å². The largest absolute Gasteiger partial charge is 0.493 e. The van der Waals surface area contributed by atoms with Gasteiger partial charge in [0.05, 0.1) is 19.7 Å². The SMILES string of the molecule is Cc1cc(C)c(CNc2nc(=O)n(Cc3ccc4c(c3)CCO4)c(=O)n2Cc2ccc(OC(F)F)cc2)c(N)n1. The summed E-state index contributed by atoms with van der Waals surface area (Å²) in [5.74, 6) is 1.17. The molecule has 4 aromatic rings. The summed E-state index contributed by atoms with van der Waals surface area (Å²) in [4.78, 5) is 35.3. The number of nitrogens with zero attached hydrogens (tertiary/aromatic N) is 4. The lowest BCUT2D eigenvalue weighted by Gasteiger charge is -2.17. The van der Waals surface area contributed by atoms with E-state index in [1.807, 2.05) is 38.1 Å². The maximum atomic E-state index is 13.7. The fourth-order valence-corrected chi connectivity index (χ4v) is 4.71. The van der Waals surface area contributed by atoms with Crippen molar-refractivity contribution in [3.63, 3.8) is 0 Å². The van der Waals surface area contributed by atoms with Crippen LogP contribution in [-0.4, -0.2) is 32.3 Å². The Morgan fingerprint density at radius 1 is 1.02 bits per heavy atom. The average Bonchev–Trinajstić information content (AvgIpc) is 3.36. The molecule has 1 aliphatic heterocycles. The van der Waals surface area contributed by atoms with Crippen LogP contribution in [0.15, 0.2) is 58.1 Å². The van der Waals surface area contributed by atoms with Crippen molar-refractivity contribution in [3.05, 3.63) is 103 Å². The standard InChI is InChI=1S/C28H28F2N6O4/c1-16-11-17(2)33-24(31)22(16)13-32-26-34-27(37)36(15-19-5-8-23-20(12-19)9-10-39-23)28(38)35(26)14-18-3-6-21(7-4-18)40-25(29)30/h3-8,11-12,25H,9-10,13-15H2,1-2H3,(H2,31,33)(H,32,34,37). The number of halogens is 2. The van der Waals surface area contributed by atoms with Crippen LogP contribution in [0.4, 0.5) is 20.5 Å². The van der Waals surface area contributed by atoms with E-state index in [4.69, 9.17) is 10.5 Å². The summed E-state index contributed by atoms with van der Waals surface area (Å²) in [6, 6.07) is 13.3. The number of benzene rings is 2. The fraction of sp³-hybridized carbons (Fsp3) is 0.286. The van der Waals surface area contributed by atoms with Crippen LogP contribution in [-0.2, 0) is 26.1 Å². The van der Waals surface area contributed by atoms with Gasteiger partial charge in [-0.25, -0.2) is 19.1 Å². The first-order valence-electron chi connectivity index (χ1n) is 12.6. The Bertz CT molecular complexity index is 1640. The lowest BCUT2D eigenvalue weighted by Crippen LogP contribution is -2.43. The van der Waals surface area contributed by atoms with Crippen LogP contribution in [0.1, 0.15) is 33.5 Å². The molecule has 0 amide bonds. The highest BCUT2D eigenvalue weighted by Crippen LogP contribution is 2.26. The van der Waals surface area contributed by atoms with Crippen molar-refractivity contribution in [2.24, 2.45) is 0 Å². The Hall–Kier alpha value is -4.74. The number of ether oxygens (including phenoxy) is 2. The maximum absolute atomic E-state index is 13.7. The van der Waals surface area contributed by atoms with E-state index in [0.29, 0.717) is 23.6 Å². The van der Waals surface area contributed by atoms with E-state index in [0.717, 1.165) is 39.1 Å². The zero-order chi connectivity index (χ0) is 28.4. The molecule has 0 radical (unpaired) electrons. The van der Waals surface area contributed by atoms with Crippen molar-refractivity contribution in [2.75, 3.05) is 17.7 Å². The normalized spacial score (nSPS) is 12.3. The molecule has 0 bridgehead atoms. The smallest absolute Gasteiger partial charge is 0.387 e. The van der Waals surface area contributed by atoms with Crippen LogP contribution in [0.3, 0.4) is 0 Å². The predicted octanol–water partition coefficient (Wildman–Crippen LogP) is 3.24. The third-order valence-electron chi connectivity index (χ3n) is 6.66. The third-order valence-corrected chi connectivity index (χ3v) is 6.66. The second-order valence-corrected chi connectivity index (χ2v) is 9.53. The van der Waals surface area contributed by atoms with Gasteiger partial charge in [-0.2, -0.15) is 13.8 Å². The maximum Gasteiger partial charge on any atom is 0.387 e. The molecule has 40 heavy (non-hydrogen) atoms. The second kappa shape index (κ2) is 11.2. The summed E-state index contributed by atoms with van der Waals surface area (Å²) in [5, 5.41) is 3.07. The first-order valence-corrected chi connectivity index (χ1v) is 12.6. The number of aromatic nitrogens is 4. The number of aryl methyl sites for hydroxylation is 2. The molecule has 5 rings (SSSR count). The monoisotopic (exact) mass is 550 g/mol. The predicted molar refractivity (Wildman–Crippen MR) is 145 cm³/mol. The Morgan fingerprint density at radius 2 is 1.75 bits per heavy atom. The van der Waals surface area contributed by atoms with Crippen LogP contribution < -0.4 is 31.9 Å². The van der Waals surface area contributed by atoms with E-state index in [1.54, 1.807) is 12.1 Å². The summed E-state index contributed by atoms with van der Waals surface area (Å²) >= 11 is 0. The number of nitrogen functional groups attached to an aromatic ring is 1. The zero-order valence-corrected chi connectivity index (χ0v) is 22.0. The van der Waals surface area contributed by atoms with Gasteiger partial charge in [-0.1, -0.05) is 24.3 Å². The molecule has 0 spiro atoms. The highest BCUT2D eigenvalue weighted by Gasteiger charge is 2.18. The van der Waals surface area contributed by atoms with Gasteiger partial charge in [-0.3, -0.25) is 4.57 Å². The van der Waals surface area contributed by atoms with E-state index >= 15 is 0 Å². The zero-order valence-electron chi connectivity index (χ0n) is 22.0. The van der Waals surface area contributed by atoms with Crippen LogP contribution in [0.25, 0.3) is 0 Å². The lowest BCUT2D eigenvalue weighted by molar-refractivity contribution is -0.0498. The topological polar surface area (TPSA) is 126 Å². The van der Waals surface area contributed by atoms with E-state index in [1.165, 1.54) is 16.7 Å². The molecule has 3 N–H and O–H groups in total.